The molecule has 3 fully saturated rings. The van der Waals surface area contributed by atoms with Crippen molar-refractivity contribution in [3.63, 3.8) is 0 Å². The van der Waals surface area contributed by atoms with Crippen LogP contribution in [-0.2, 0) is 14.3 Å². The zero-order valence-electron chi connectivity index (χ0n) is 32.6. The number of nitrogens with zero attached hydrogens (tertiary/aromatic N) is 3. The maximum absolute atomic E-state index is 12.9. The third-order valence-corrected chi connectivity index (χ3v) is 12.3. The minimum Gasteiger partial charge on any atom is -0.453 e. The summed E-state index contributed by atoms with van der Waals surface area (Å²) in [6.07, 6.45) is 10.1. The highest BCUT2D eigenvalue weighted by molar-refractivity contribution is 6.03. The molecular formula is C45H48N8O4. The van der Waals surface area contributed by atoms with Gasteiger partial charge in [0.25, 0.3) is 0 Å². The van der Waals surface area contributed by atoms with Gasteiger partial charge in [0, 0.05) is 35.1 Å². The number of likely N-dealkylation sites (tertiary alicyclic amines) is 1. The molecule has 57 heavy (non-hydrogen) atoms. The molecule has 2 aliphatic carbocycles. The molecule has 3 unspecified atom stereocenters. The number of aromatic nitrogens is 5. The zero-order chi connectivity index (χ0) is 39.4. The molecule has 3 amide bonds. The number of carbonyl (C=O) groups is 3. The van der Waals surface area contributed by atoms with Gasteiger partial charge < -0.3 is 35.2 Å². The number of alkyl carbamates (subject to hydrolysis) is 1. The average molecular weight is 765 g/mol. The van der Waals surface area contributed by atoms with Gasteiger partial charge in [0.2, 0.25) is 12.3 Å². The van der Waals surface area contributed by atoms with Crippen LogP contribution in [-0.4, -0.2) is 73.5 Å². The molecule has 9 rings (SSSR count). The fourth-order valence-corrected chi connectivity index (χ4v) is 8.83. The molecule has 0 spiro atoms. The summed E-state index contributed by atoms with van der Waals surface area (Å²) in [4.78, 5) is 58.1. The molecule has 3 aromatic heterocycles. The number of hydrogen-bond donors (Lipinski definition) is 5. The van der Waals surface area contributed by atoms with Crippen molar-refractivity contribution in [2.75, 3.05) is 7.11 Å². The summed E-state index contributed by atoms with van der Waals surface area (Å²) in [6, 6.07) is 23.6. The van der Waals surface area contributed by atoms with Crippen LogP contribution in [0, 0.1) is 17.8 Å². The van der Waals surface area contributed by atoms with E-state index in [9.17, 15) is 14.4 Å². The first kappa shape index (κ1) is 36.5. The molecule has 7 atom stereocenters. The van der Waals surface area contributed by atoms with Crippen LogP contribution in [0.4, 0.5) is 4.79 Å². The molecule has 1 aliphatic heterocycles. The van der Waals surface area contributed by atoms with Crippen molar-refractivity contribution >= 4 is 29.3 Å². The normalized spacial score (nSPS) is 21.9. The monoisotopic (exact) mass is 764 g/mol. The van der Waals surface area contributed by atoms with E-state index in [1.807, 2.05) is 37.3 Å². The van der Waals surface area contributed by atoms with E-state index in [1.165, 1.54) is 7.11 Å². The molecule has 3 aromatic carbocycles. The second-order valence-electron chi connectivity index (χ2n) is 16.4. The Labute approximate surface area is 331 Å². The first-order valence-corrected chi connectivity index (χ1v) is 20.0. The van der Waals surface area contributed by atoms with Crippen LogP contribution < -0.4 is 10.6 Å². The summed E-state index contributed by atoms with van der Waals surface area (Å²) in [5.74, 6) is 2.73. The number of fused-ring (bicyclic) bond motifs is 2. The Bertz CT molecular complexity index is 2430. The number of benzene rings is 3. The molecule has 4 heterocycles. The lowest BCUT2D eigenvalue weighted by atomic mass is 9.95. The number of amides is 3. The lowest BCUT2D eigenvalue weighted by Crippen LogP contribution is -2.50. The third-order valence-electron chi connectivity index (χ3n) is 12.3. The maximum atomic E-state index is 12.9. The Morgan fingerprint density at radius 3 is 2.23 bits per heavy atom. The summed E-state index contributed by atoms with van der Waals surface area (Å²) in [5, 5.41) is 6.91. The Balaban J connectivity index is 0.837. The van der Waals surface area contributed by atoms with E-state index in [0.29, 0.717) is 17.9 Å². The Hall–Kier alpha value is -6.17. The van der Waals surface area contributed by atoms with Crippen molar-refractivity contribution in [1.29, 1.82) is 0 Å². The predicted octanol–water partition coefficient (Wildman–Crippen LogP) is 7.95. The van der Waals surface area contributed by atoms with Gasteiger partial charge in [-0.1, -0.05) is 81.4 Å². The van der Waals surface area contributed by atoms with Crippen LogP contribution in [0.1, 0.15) is 70.1 Å². The lowest BCUT2D eigenvalue weighted by Gasteiger charge is -2.21. The standard InChI is InChI=1S/C45H48N8O4/c1-24(2)40(52-45(56)57-4)44(55)51-35-18-30(35)17-25(3)42-47-21-36(49-42)28-11-7-27(8-12-28)33-14-13-32(34-15-16-46-41(33)34)26-5-9-29(10-6-26)37-22-48-43(50-37)39-20-31-19-38(31)53(39)23-54/h5-16,21-25,30-31,35,38-40,46H,17-20H2,1-4H3,(H,47,49)(H,48,50)(H,51,55)(H,52,56)/t25-,30-,31+,35?,38?,39-,40?/m0/s1. The van der Waals surface area contributed by atoms with Gasteiger partial charge in [-0.15, -0.1) is 0 Å². The summed E-state index contributed by atoms with van der Waals surface area (Å²) < 4.78 is 4.69. The summed E-state index contributed by atoms with van der Waals surface area (Å²) in [5.41, 5.74) is 9.66. The number of hydrogen-bond acceptors (Lipinski definition) is 6. The summed E-state index contributed by atoms with van der Waals surface area (Å²) in [7, 11) is 1.29. The van der Waals surface area contributed by atoms with E-state index < -0.39 is 12.1 Å². The lowest BCUT2D eigenvalue weighted by molar-refractivity contribution is -0.124. The SMILES string of the molecule is COC(=O)NC(C(=O)NC1C[C@@H]1C[C@H](C)c1ncc(-c2ccc(-c3ccc(-c4ccc(-c5cnc([C@@H]6C[C@H]7CC7N6C=O)[nH]5)cc4)c4cc[nH]c34)cc2)[nH]1)C(C)C. The van der Waals surface area contributed by atoms with Crippen molar-refractivity contribution in [2.45, 2.75) is 76.5 Å². The largest absolute Gasteiger partial charge is 0.453 e. The Morgan fingerprint density at radius 1 is 0.860 bits per heavy atom. The second-order valence-corrected chi connectivity index (χ2v) is 16.4. The van der Waals surface area contributed by atoms with E-state index in [2.05, 4.69) is 104 Å². The van der Waals surface area contributed by atoms with Gasteiger partial charge in [0.05, 0.1) is 42.4 Å². The highest BCUT2D eigenvalue weighted by atomic mass is 16.5. The number of aromatic amines is 3. The smallest absolute Gasteiger partial charge is 0.407 e. The van der Waals surface area contributed by atoms with Crippen molar-refractivity contribution in [2.24, 2.45) is 17.8 Å². The number of ether oxygens (including phenoxy) is 1. The van der Waals surface area contributed by atoms with Crippen molar-refractivity contribution in [1.82, 2.24) is 40.5 Å². The molecular weight excluding hydrogens is 717 g/mol. The first-order chi connectivity index (χ1) is 27.7. The van der Waals surface area contributed by atoms with Gasteiger partial charge in [-0.2, -0.15) is 0 Å². The topological polar surface area (TPSA) is 161 Å². The second kappa shape index (κ2) is 14.7. The number of carbonyl (C=O) groups excluding carboxylic acids is 3. The number of imidazole rings is 2. The van der Waals surface area contributed by atoms with E-state index in [0.717, 1.165) is 99.4 Å². The van der Waals surface area contributed by atoms with Gasteiger partial charge >= 0.3 is 6.09 Å². The fraction of sp³-hybridized carbons (Fsp3) is 0.356. The Kier molecular flexibility index (Phi) is 9.42. The van der Waals surface area contributed by atoms with Crippen LogP contribution in [0.3, 0.4) is 0 Å². The van der Waals surface area contributed by atoms with Gasteiger partial charge in [0.1, 0.15) is 17.7 Å². The number of methoxy groups -OCH3 is 1. The average Bonchev–Trinajstić information content (AvgIpc) is 3.75. The highest BCUT2D eigenvalue weighted by Crippen LogP contribution is 2.52. The predicted molar refractivity (Wildman–Crippen MR) is 219 cm³/mol. The minimum absolute atomic E-state index is 0.0447. The van der Waals surface area contributed by atoms with Crippen LogP contribution >= 0.6 is 0 Å². The van der Waals surface area contributed by atoms with Crippen LogP contribution in [0.25, 0.3) is 55.7 Å². The fourth-order valence-electron chi connectivity index (χ4n) is 8.83. The van der Waals surface area contributed by atoms with Gasteiger partial charge in [-0.05, 0) is 77.3 Å². The summed E-state index contributed by atoms with van der Waals surface area (Å²) in [6.45, 7) is 5.96. The molecule has 1 saturated heterocycles. The Morgan fingerprint density at radius 2 is 1.53 bits per heavy atom. The molecule has 0 bridgehead atoms. The molecule has 3 aliphatic rings. The van der Waals surface area contributed by atoms with Gasteiger partial charge in [0.15, 0.2) is 0 Å². The highest BCUT2D eigenvalue weighted by Gasteiger charge is 2.52. The first-order valence-electron chi connectivity index (χ1n) is 20.0. The maximum Gasteiger partial charge on any atom is 0.407 e. The van der Waals surface area contributed by atoms with Crippen molar-refractivity contribution in [3.05, 3.63) is 97.0 Å². The molecule has 12 heteroatoms. The van der Waals surface area contributed by atoms with Crippen molar-refractivity contribution < 1.29 is 19.1 Å². The van der Waals surface area contributed by atoms with Crippen LogP contribution in [0.15, 0.2) is 85.3 Å². The summed E-state index contributed by atoms with van der Waals surface area (Å²) >= 11 is 0. The van der Waals surface area contributed by atoms with Crippen molar-refractivity contribution in [3.8, 4) is 44.8 Å². The number of rotatable bonds is 13. The molecule has 2 saturated carbocycles. The van der Waals surface area contributed by atoms with Gasteiger partial charge in [-0.3, -0.25) is 9.59 Å². The minimum atomic E-state index is -0.638. The number of H-pyrrole nitrogens is 3. The van der Waals surface area contributed by atoms with Gasteiger partial charge in [-0.25, -0.2) is 14.8 Å². The van der Waals surface area contributed by atoms with Crippen LogP contribution in [0.5, 0.6) is 0 Å². The molecule has 0 radical (unpaired) electrons. The third kappa shape index (κ3) is 7.09. The van der Waals surface area contributed by atoms with E-state index in [1.54, 1.807) is 0 Å². The molecule has 6 aromatic rings. The zero-order valence-corrected chi connectivity index (χ0v) is 32.6. The molecule has 292 valence electrons. The number of nitrogens with one attached hydrogen (secondary N) is 5. The van der Waals surface area contributed by atoms with E-state index in [-0.39, 0.29) is 29.8 Å². The number of piperidine rings is 1. The van der Waals surface area contributed by atoms with E-state index in [4.69, 9.17) is 9.72 Å². The quantitative estimate of drug-likeness (QED) is 0.0751. The van der Waals surface area contributed by atoms with E-state index >= 15 is 0 Å². The van der Waals surface area contributed by atoms with Crippen LogP contribution in [0.2, 0.25) is 0 Å². The molecule has 5 N–H and O–H groups in total. The molecule has 12 nitrogen and oxygen atoms in total.